The molecule has 3 rings (SSSR count). The fourth-order valence-corrected chi connectivity index (χ4v) is 3.08. The van der Waals surface area contributed by atoms with E-state index in [1.165, 1.54) is 0 Å². The number of hydrogen-bond donors (Lipinski definition) is 2. The van der Waals surface area contributed by atoms with Crippen molar-refractivity contribution in [1.82, 2.24) is 14.9 Å². The molecule has 0 aliphatic rings. The van der Waals surface area contributed by atoms with Crippen molar-refractivity contribution >= 4 is 28.5 Å². The van der Waals surface area contributed by atoms with Crippen LogP contribution in [0.5, 0.6) is 0 Å². The molecule has 0 saturated heterocycles. The Morgan fingerprint density at radius 2 is 1.71 bits per heavy atom. The fourth-order valence-electron chi connectivity index (χ4n) is 3.08. The Kier molecular flexibility index (Phi) is 5.78. The number of nitrogens with zero attached hydrogens (tertiary/aromatic N) is 2. The molecule has 0 bridgehead atoms. The normalized spacial score (nSPS) is 12.2. The molecule has 3 aromatic rings. The second kappa shape index (κ2) is 8.25. The molecular weight excluding hydrogens is 352 g/mol. The number of aromatic nitrogens is 2. The molecular formula is C22H26N4O2. The molecule has 1 heterocycles. The summed E-state index contributed by atoms with van der Waals surface area (Å²) in [7, 11) is 0. The van der Waals surface area contributed by atoms with E-state index in [0.717, 1.165) is 22.3 Å². The average molecular weight is 378 g/mol. The summed E-state index contributed by atoms with van der Waals surface area (Å²) >= 11 is 0. The van der Waals surface area contributed by atoms with Crippen LogP contribution in [-0.2, 0) is 16.1 Å². The lowest BCUT2D eigenvalue weighted by atomic mass is 10.2. The standard InChI is InChI=1S/C22H26N4O2/c1-14(2)22(28)23-16(4)21-25-18-11-7-8-12-19(18)26(21)13-20(27)24-17-10-6-5-9-15(17)3/h5-12,14,16H,13H2,1-4H3,(H,23,28)(H,24,27). The molecule has 6 heteroatoms. The van der Waals surface area contributed by atoms with Gasteiger partial charge in [-0.1, -0.05) is 44.2 Å². The van der Waals surface area contributed by atoms with Gasteiger partial charge in [0.25, 0.3) is 0 Å². The van der Waals surface area contributed by atoms with Gasteiger partial charge in [0.1, 0.15) is 12.4 Å². The molecule has 1 aromatic heterocycles. The predicted octanol–water partition coefficient (Wildman–Crippen LogP) is 3.82. The molecule has 146 valence electrons. The lowest BCUT2D eigenvalue weighted by molar-refractivity contribution is -0.124. The Hall–Kier alpha value is -3.15. The highest BCUT2D eigenvalue weighted by atomic mass is 16.2. The number of imidazole rings is 1. The molecule has 0 fully saturated rings. The predicted molar refractivity (Wildman–Crippen MR) is 111 cm³/mol. The van der Waals surface area contributed by atoms with E-state index in [0.29, 0.717) is 5.82 Å². The van der Waals surface area contributed by atoms with Crippen molar-refractivity contribution in [2.75, 3.05) is 5.32 Å². The van der Waals surface area contributed by atoms with Gasteiger partial charge in [-0.15, -0.1) is 0 Å². The first-order chi connectivity index (χ1) is 13.4. The lowest BCUT2D eigenvalue weighted by Crippen LogP contribution is -2.32. The Bertz CT molecular complexity index is 1010. The number of nitrogens with one attached hydrogen (secondary N) is 2. The largest absolute Gasteiger partial charge is 0.346 e. The van der Waals surface area contributed by atoms with Crippen LogP contribution in [0.4, 0.5) is 5.69 Å². The zero-order chi connectivity index (χ0) is 20.3. The smallest absolute Gasteiger partial charge is 0.244 e. The van der Waals surface area contributed by atoms with Crippen LogP contribution in [0.3, 0.4) is 0 Å². The molecule has 1 unspecified atom stereocenters. The van der Waals surface area contributed by atoms with Gasteiger partial charge in [-0.25, -0.2) is 4.98 Å². The molecule has 1 atom stereocenters. The van der Waals surface area contributed by atoms with Gasteiger partial charge in [-0.2, -0.15) is 0 Å². The number of hydrogen-bond acceptors (Lipinski definition) is 3. The summed E-state index contributed by atoms with van der Waals surface area (Å²) in [6, 6.07) is 15.0. The van der Waals surface area contributed by atoms with Gasteiger partial charge in [0.05, 0.1) is 17.1 Å². The first kappa shape index (κ1) is 19.6. The fraction of sp³-hybridized carbons (Fsp3) is 0.318. The number of carbonyl (C=O) groups excluding carboxylic acids is 2. The number of amides is 2. The summed E-state index contributed by atoms with van der Waals surface area (Å²) in [6.45, 7) is 7.65. The molecule has 2 amide bonds. The third kappa shape index (κ3) is 4.22. The second-order valence-corrected chi connectivity index (χ2v) is 7.29. The van der Waals surface area contributed by atoms with Gasteiger partial charge in [0.2, 0.25) is 11.8 Å². The van der Waals surface area contributed by atoms with Crippen LogP contribution in [0.25, 0.3) is 11.0 Å². The van der Waals surface area contributed by atoms with Gasteiger partial charge in [-0.05, 0) is 37.6 Å². The monoisotopic (exact) mass is 378 g/mol. The van der Waals surface area contributed by atoms with Crippen LogP contribution in [-0.4, -0.2) is 21.4 Å². The number of aryl methyl sites for hydroxylation is 1. The Labute approximate surface area is 165 Å². The van der Waals surface area contributed by atoms with Gasteiger partial charge in [0.15, 0.2) is 0 Å². The molecule has 0 radical (unpaired) electrons. The quantitative estimate of drug-likeness (QED) is 0.685. The number of para-hydroxylation sites is 3. The van der Waals surface area contributed by atoms with Crippen LogP contribution >= 0.6 is 0 Å². The molecule has 2 aromatic carbocycles. The first-order valence-corrected chi connectivity index (χ1v) is 9.48. The summed E-state index contributed by atoms with van der Waals surface area (Å²) in [6.07, 6.45) is 0. The summed E-state index contributed by atoms with van der Waals surface area (Å²) in [4.78, 5) is 29.5. The number of benzene rings is 2. The number of fused-ring (bicyclic) bond motifs is 1. The SMILES string of the molecule is Cc1ccccc1NC(=O)Cn1c(C(C)NC(=O)C(C)C)nc2ccccc21. The minimum absolute atomic E-state index is 0.0459. The van der Waals surface area contributed by atoms with E-state index in [9.17, 15) is 9.59 Å². The van der Waals surface area contributed by atoms with Crippen molar-refractivity contribution in [3.05, 3.63) is 59.9 Å². The molecule has 0 spiro atoms. The van der Waals surface area contributed by atoms with Crippen molar-refractivity contribution in [2.45, 2.75) is 40.3 Å². The summed E-state index contributed by atoms with van der Waals surface area (Å²) < 4.78 is 1.87. The van der Waals surface area contributed by atoms with Crippen molar-refractivity contribution in [2.24, 2.45) is 5.92 Å². The highest BCUT2D eigenvalue weighted by Crippen LogP contribution is 2.22. The van der Waals surface area contributed by atoms with E-state index in [2.05, 4.69) is 15.6 Å². The van der Waals surface area contributed by atoms with E-state index in [-0.39, 0.29) is 30.3 Å². The molecule has 0 saturated carbocycles. The average Bonchev–Trinajstić information content (AvgIpc) is 3.02. The maximum Gasteiger partial charge on any atom is 0.244 e. The van der Waals surface area contributed by atoms with Crippen LogP contribution in [0.1, 0.15) is 38.2 Å². The Balaban J connectivity index is 1.89. The topological polar surface area (TPSA) is 76.0 Å². The minimum Gasteiger partial charge on any atom is -0.346 e. The highest BCUT2D eigenvalue weighted by Gasteiger charge is 2.21. The molecule has 2 N–H and O–H groups in total. The number of rotatable bonds is 6. The third-order valence-corrected chi connectivity index (χ3v) is 4.68. The van der Waals surface area contributed by atoms with E-state index in [1.807, 2.05) is 80.8 Å². The Morgan fingerprint density at radius 3 is 2.43 bits per heavy atom. The highest BCUT2D eigenvalue weighted by molar-refractivity contribution is 5.92. The van der Waals surface area contributed by atoms with Crippen molar-refractivity contribution < 1.29 is 9.59 Å². The van der Waals surface area contributed by atoms with Crippen LogP contribution in [0, 0.1) is 12.8 Å². The number of anilines is 1. The third-order valence-electron chi connectivity index (χ3n) is 4.68. The maximum absolute atomic E-state index is 12.7. The van der Waals surface area contributed by atoms with Crippen molar-refractivity contribution in [3.8, 4) is 0 Å². The lowest BCUT2D eigenvalue weighted by Gasteiger charge is -2.17. The molecule has 0 aliphatic carbocycles. The zero-order valence-corrected chi connectivity index (χ0v) is 16.7. The molecule has 0 aliphatic heterocycles. The van der Waals surface area contributed by atoms with Gasteiger partial charge in [0, 0.05) is 11.6 Å². The van der Waals surface area contributed by atoms with Crippen LogP contribution < -0.4 is 10.6 Å². The van der Waals surface area contributed by atoms with Gasteiger partial charge >= 0.3 is 0 Å². The van der Waals surface area contributed by atoms with E-state index < -0.39 is 0 Å². The number of carbonyl (C=O) groups is 2. The second-order valence-electron chi connectivity index (χ2n) is 7.29. The zero-order valence-electron chi connectivity index (χ0n) is 16.7. The molecule has 28 heavy (non-hydrogen) atoms. The summed E-state index contributed by atoms with van der Waals surface area (Å²) in [5.74, 6) is 0.358. The maximum atomic E-state index is 12.7. The van der Waals surface area contributed by atoms with Crippen molar-refractivity contribution in [1.29, 1.82) is 0 Å². The van der Waals surface area contributed by atoms with E-state index in [1.54, 1.807) is 0 Å². The minimum atomic E-state index is -0.312. The van der Waals surface area contributed by atoms with Crippen LogP contribution in [0.15, 0.2) is 48.5 Å². The Morgan fingerprint density at radius 1 is 1.04 bits per heavy atom. The van der Waals surface area contributed by atoms with Gasteiger partial charge in [-0.3, -0.25) is 9.59 Å². The summed E-state index contributed by atoms with van der Waals surface area (Å²) in [5.41, 5.74) is 3.46. The van der Waals surface area contributed by atoms with E-state index >= 15 is 0 Å². The first-order valence-electron chi connectivity index (χ1n) is 9.48. The van der Waals surface area contributed by atoms with Crippen LogP contribution in [0.2, 0.25) is 0 Å². The molecule has 6 nitrogen and oxygen atoms in total. The summed E-state index contributed by atoms with van der Waals surface area (Å²) in [5, 5.41) is 5.94. The van der Waals surface area contributed by atoms with Gasteiger partial charge < -0.3 is 15.2 Å². The van der Waals surface area contributed by atoms with Crippen molar-refractivity contribution in [3.63, 3.8) is 0 Å². The van der Waals surface area contributed by atoms with E-state index in [4.69, 9.17) is 0 Å².